The smallest absolute Gasteiger partial charge is 0.119 e. The van der Waals surface area contributed by atoms with Crippen molar-refractivity contribution in [2.75, 3.05) is 7.11 Å². The van der Waals surface area contributed by atoms with Crippen LogP contribution in [0.5, 0.6) is 5.75 Å². The standard InChI is InChI=1S/C17H21NO/c1-13-7-8-14(2)16(9-13)12-18-11-15-5-4-6-17(10-15)19-3/h4-10,18H,11-12H2,1-3H3. The molecule has 1 N–H and O–H groups in total. The van der Waals surface area contributed by atoms with E-state index in [0.717, 1.165) is 18.8 Å². The molecule has 0 radical (unpaired) electrons. The molecule has 0 aliphatic rings. The molecule has 0 saturated carbocycles. The van der Waals surface area contributed by atoms with Crippen LogP contribution in [0, 0.1) is 13.8 Å². The normalized spacial score (nSPS) is 10.5. The zero-order valence-electron chi connectivity index (χ0n) is 11.9. The maximum absolute atomic E-state index is 5.23. The maximum atomic E-state index is 5.23. The number of ether oxygens (including phenoxy) is 1. The first kappa shape index (κ1) is 13.6. The molecule has 2 aromatic rings. The lowest BCUT2D eigenvalue weighted by Gasteiger charge is -2.09. The van der Waals surface area contributed by atoms with Crippen molar-refractivity contribution in [1.29, 1.82) is 0 Å². The minimum atomic E-state index is 0.852. The molecule has 0 aromatic heterocycles. The van der Waals surface area contributed by atoms with E-state index in [2.05, 4.69) is 49.5 Å². The first-order chi connectivity index (χ1) is 9.19. The summed E-state index contributed by atoms with van der Waals surface area (Å²) < 4.78 is 5.23. The van der Waals surface area contributed by atoms with Crippen molar-refractivity contribution >= 4 is 0 Å². The van der Waals surface area contributed by atoms with E-state index in [4.69, 9.17) is 4.74 Å². The molecule has 2 rings (SSSR count). The molecule has 0 unspecified atom stereocenters. The summed E-state index contributed by atoms with van der Waals surface area (Å²) in [5, 5.41) is 3.48. The van der Waals surface area contributed by atoms with Crippen LogP contribution >= 0.6 is 0 Å². The van der Waals surface area contributed by atoms with Gasteiger partial charge in [0, 0.05) is 13.1 Å². The molecule has 100 valence electrons. The Morgan fingerprint density at radius 1 is 1.00 bits per heavy atom. The van der Waals surface area contributed by atoms with Crippen LogP contribution in [0.15, 0.2) is 42.5 Å². The topological polar surface area (TPSA) is 21.3 Å². The molecule has 0 fully saturated rings. The molecule has 2 aromatic carbocycles. The molecule has 2 nitrogen and oxygen atoms in total. The van der Waals surface area contributed by atoms with Crippen molar-refractivity contribution in [3.63, 3.8) is 0 Å². The summed E-state index contributed by atoms with van der Waals surface area (Å²) in [4.78, 5) is 0. The third-order valence-electron chi connectivity index (χ3n) is 3.28. The Balaban J connectivity index is 1.94. The molecule has 2 heteroatoms. The van der Waals surface area contributed by atoms with Gasteiger partial charge in [0.1, 0.15) is 5.75 Å². The van der Waals surface area contributed by atoms with Crippen LogP contribution in [-0.4, -0.2) is 7.11 Å². The Morgan fingerprint density at radius 2 is 1.84 bits per heavy atom. The molecule has 0 bridgehead atoms. The van der Waals surface area contributed by atoms with E-state index in [-0.39, 0.29) is 0 Å². The van der Waals surface area contributed by atoms with Crippen LogP contribution < -0.4 is 10.1 Å². The van der Waals surface area contributed by atoms with Gasteiger partial charge >= 0.3 is 0 Å². The Bertz CT molecular complexity index is 549. The zero-order chi connectivity index (χ0) is 13.7. The monoisotopic (exact) mass is 255 g/mol. The van der Waals surface area contributed by atoms with E-state index < -0.39 is 0 Å². The molecule has 0 spiro atoms. The van der Waals surface area contributed by atoms with Gasteiger partial charge in [-0.1, -0.05) is 35.9 Å². The number of hydrogen-bond acceptors (Lipinski definition) is 2. The summed E-state index contributed by atoms with van der Waals surface area (Å²) >= 11 is 0. The van der Waals surface area contributed by atoms with Gasteiger partial charge in [-0.25, -0.2) is 0 Å². The van der Waals surface area contributed by atoms with Gasteiger partial charge in [-0.2, -0.15) is 0 Å². The van der Waals surface area contributed by atoms with Crippen molar-refractivity contribution < 1.29 is 4.74 Å². The van der Waals surface area contributed by atoms with E-state index in [1.54, 1.807) is 7.11 Å². The lowest BCUT2D eigenvalue weighted by atomic mass is 10.1. The van der Waals surface area contributed by atoms with Crippen LogP contribution in [0.4, 0.5) is 0 Å². The second-order valence-electron chi connectivity index (χ2n) is 4.89. The molecule has 0 atom stereocenters. The van der Waals surface area contributed by atoms with Crippen LogP contribution in [0.3, 0.4) is 0 Å². The highest BCUT2D eigenvalue weighted by Crippen LogP contribution is 2.13. The third-order valence-corrected chi connectivity index (χ3v) is 3.28. The fourth-order valence-corrected chi connectivity index (χ4v) is 2.11. The van der Waals surface area contributed by atoms with E-state index in [9.17, 15) is 0 Å². The number of aryl methyl sites for hydroxylation is 2. The number of hydrogen-bond donors (Lipinski definition) is 1. The van der Waals surface area contributed by atoms with E-state index >= 15 is 0 Å². The Labute approximate surface area is 115 Å². The van der Waals surface area contributed by atoms with Gasteiger partial charge in [0.05, 0.1) is 7.11 Å². The zero-order valence-corrected chi connectivity index (χ0v) is 11.9. The van der Waals surface area contributed by atoms with Gasteiger partial charge in [0.25, 0.3) is 0 Å². The quantitative estimate of drug-likeness (QED) is 0.881. The first-order valence-electron chi connectivity index (χ1n) is 6.59. The number of benzene rings is 2. The van der Waals surface area contributed by atoms with Gasteiger partial charge in [-0.3, -0.25) is 0 Å². The van der Waals surface area contributed by atoms with Gasteiger partial charge in [-0.15, -0.1) is 0 Å². The first-order valence-corrected chi connectivity index (χ1v) is 6.59. The number of nitrogens with one attached hydrogen (secondary N) is 1. The molecule has 19 heavy (non-hydrogen) atoms. The summed E-state index contributed by atoms with van der Waals surface area (Å²) in [5.74, 6) is 0.908. The SMILES string of the molecule is COc1cccc(CNCc2cc(C)ccc2C)c1. The minimum absolute atomic E-state index is 0.852. The van der Waals surface area contributed by atoms with Crippen LogP contribution in [0.25, 0.3) is 0 Å². The summed E-state index contributed by atoms with van der Waals surface area (Å²) in [7, 11) is 1.70. The van der Waals surface area contributed by atoms with E-state index in [1.165, 1.54) is 22.3 Å². The highest BCUT2D eigenvalue weighted by atomic mass is 16.5. The second-order valence-corrected chi connectivity index (χ2v) is 4.89. The lowest BCUT2D eigenvalue weighted by molar-refractivity contribution is 0.414. The Kier molecular flexibility index (Phi) is 4.58. The van der Waals surface area contributed by atoms with Gasteiger partial charge in [0.15, 0.2) is 0 Å². The van der Waals surface area contributed by atoms with E-state index in [1.807, 2.05) is 12.1 Å². The highest BCUT2D eigenvalue weighted by Gasteiger charge is 2.00. The Morgan fingerprint density at radius 3 is 2.63 bits per heavy atom. The third kappa shape index (κ3) is 3.83. The molecular formula is C17H21NO. The highest BCUT2D eigenvalue weighted by molar-refractivity contribution is 5.31. The van der Waals surface area contributed by atoms with Crippen molar-refractivity contribution in [2.24, 2.45) is 0 Å². The molecule has 0 amide bonds. The summed E-state index contributed by atoms with van der Waals surface area (Å²) in [5.41, 5.74) is 5.25. The lowest BCUT2D eigenvalue weighted by Crippen LogP contribution is -2.13. The van der Waals surface area contributed by atoms with E-state index in [0.29, 0.717) is 0 Å². The largest absolute Gasteiger partial charge is 0.497 e. The molecule has 0 aliphatic carbocycles. The fraction of sp³-hybridized carbons (Fsp3) is 0.294. The Hall–Kier alpha value is -1.80. The van der Waals surface area contributed by atoms with Gasteiger partial charge < -0.3 is 10.1 Å². The predicted octanol–water partition coefficient (Wildman–Crippen LogP) is 3.60. The molecular weight excluding hydrogens is 234 g/mol. The summed E-state index contributed by atoms with van der Waals surface area (Å²) in [6.45, 7) is 6.03. The fourth-order valence-electron chi connectivity index (χ4n) is 2.11. The number of methoxy groups -OCH3 is 1. The molecule has 0 saturated heterocycles. The average Bonchev–Trinajstić information content (AvgIpc) is 2.43. The summed E-state index contributed by atoms with van der Waals surface area (Å²) in [6.07, 6.45) is 0. The van der Waals surface area contributed by atoms with Crippen molar-refractivity contribution in [3.8, 4) is 5.75 Å². The predicted molar refractivity (Wildman–Crippen MR) is 79.5 cm³/mol. The van der Waals surface area contributed by atoms with Crippen LogP contribution in [-0.2, 0) is 13.1 Å². The summed E-state index contributed by atoms with van der Waals surface area (Å²) in [6, 6.07) is 14.7. The van der Waals surface area contributed by atoms with Gasteiger partial charge in [0.2, 0.25) is 0 Å². The van der Waals surface area contributed by atoms with Crippen LogP contribution in [0.1, 0.15) is 22.3 Å². The maximum Gasteiger partial charge on any atom is 0.119 e. The van der Waals surface area contributed by atoms with Crippen LogP contribution in [0.2, 0.25) is 0 Å². The van der Waals surface area contributed by atoms with Crippen molar-refractivity contribution in [2.45, 2.75) is 26.9 Å². The average molecular weight is 255 g/mol. The van der Waals surface area contributed by atoms with Crippen molar-refractivity contribution in [1.82, 2.24) is 5.32 Å². The molecule has 0 heterocycles. The molecule has 0 aliphatic heterocycles. The van der Waals surface area contributed by atoms with Crippen molar-refractivity contribution in [3.05, 3.63) is 64.7 Å². The second kappa shape index (κ2) is 6.39. The van der Waals surface area contributed by atoms with Gasteiger partial charge in [-0.05, 0) is 42.7 Å². The minimum Gasteiger partial charge on any atom is -0.497 e. The number of rotatable bonds is 5.